The molecule has 5 rings (SSSR count). The lowest BCUT2D eigenvalue weighted by Crippen LogP contribution is -2.53. The van der Waals surface area contributed by atoms with Crippen LogP contribution in [0.15, 0.2) is 48.7 Å². The number of para-hydroxylation sites is 1. The number of benzene rings is 1. The van der Waals surface area contributed by atoms with E-state index >= 15 is 0 Å². The molecule has 1 aromatic heterocycles. The molecule has 0 spiro atoms. The zero-order chi connectivity index (χ0) is 23.5. The molecule has 182 valence electrons. The van der Waals surface area contributed by atoms with E-state index in [1.807, 2.05) is 17.0 Å². The van der Waals surface area contributed by atoms with Crippen LogP contribution in [0.1, 0.15) is 16.8 Å². The van der Waals surface area contributed by atoms with Gasteiger partial charge in [-0.2, -0.15) is 0 Å². The van der Waals surface area contributed by atoms with Gasteiger partial charge in [0.2, 0.25) is 0 Å². The standard InChI is InChI=1S/C26H36N6O2/c1-28-11-15-31(16-12-28)24-19-22(7-9-27-24)25(33)32-10-8-26(34,21-32)20-29-13-17-30(18-14-29)23-5-3-2-4-6-23/h2-7,9,19,34H,8,10-18,20-21H2,1H3. The number of piperazine rings is 2. The molecule has 1 amide bonds. The van der Waals surface area contributed by atoms with Crippen LogP contribution in [0.3, 0.4) is 0 Å². The number of amides is 1. The summed E-state index contributed by atoms with van der Waals surface area (Å²) in [6, 6.07) is 14.2. The molecule has 1 aromatic carbocycles. The van der Waals surface area contributed by atoms with Gasteiger partial charge >= 0.3 is 0 Å². The van der Waals surface area contributed by atoms with Crippen molar-refractivity contribution in [2.75, 3.05) is 88.8 Å². The fourth-order valence-corrected chi connectivity index (χ4v) is 5.32. The van der Waals surface area contributed by atoms with Crippen LogP contribution in [-0.4, -0.2) is 115 Å². The number of likely N-dealkylation sites (tertiary alicyclic amines) is 1. The highest BCUT2D eigenvalue weighted by molar-refractivity contribution is 5.95. The van der Waals surface area contributed by atoms with E-state index in [1.165, 1.54) is 5.69 Å². The first kappa shape index (κ1) is 23.1. The molecule has 34 heavy (non-hydrogen) atoms. The van der Waals surface area contributed by atoms with Crippen LogP contribution in [0, 0.1) is 0 Å². The summed E-state index contributed by atoms with van der Waals surface area (Å²) < 4.78 is 0. The summed E-state index contributed by atoms with van der Waals surface area (Å²) in [5.41, 5.74) is 1.06. The first-order valence-corrected chi connectivity index (χ1v) is 12.4. The predicted molar refractivity (Wildman–Crippen MR) is 135 cm³/mol. The van der Waals surface area contributed by atoms with Crippen molar-refractivity contribution in [3.63, 3.8) is 0 Å². The van der Waals surface area contributed by atoms with Crippen molar-refractivity contribution < 1.29 is 9.90 Å². The van der Waals surface area contributed by atoms with Gasteiger partial charge in [0.05, 0.1) is 12.1 Å². The third kappa shape index (κ3) is 5.19. The van der Waals surface area contributed by atoms with Crippen LogP contribution in [0.2, 0.25) is 0 Å². The van der Waals surface area contributed by atoms with E-state index in [2.05, 4.69) is 55.9 Å². The number of β-amino-alcohol motifs (C(OH)–C–C–N with tert-alkyl or cyclic N) is 1. The monoisotopic (exact) mass is 464 g/mol. The van der Waals surface area contributed by atoms with Crippen molar-refractivity contribution in [1.82, 2.24) is 19.7 Å². The average Bonchev–Trinajstić information content (AvgIpc) is 3.26. The lowest BCUT2D eigenvalue weighted by atomic mass is 10.0. The summed E-state index contributed by atoms with van der Waals surface area (Å²) in [5, 5.41) is 11.3. The van der Waals surface area contributed by atoms with Gasteiger partial charge in [-0.05, 0) is 37.7 Å². The molecule has 8 heteroatoms. The van der Waals surface area contributed by atoms with E-state index in [1.54, 1.807) is 12.3 Å². The van der Waals surface area contributed by atoms with Crippen LogP contribution >= 0.6 is 0 Å². The highest BCUT2D eigenvalue weighted by Crippen LogP contribution is 2.26. The molecule has 2 aromatic rings. The van der Waals surface area contributed by atoms with Gasteiger partial charge in [-0.25, -0.2) is 4.98 Å². The number of aliphatic hydroxyl groups is 1. The second-order valence-corrected chi connectivity index (χ2v) is 9.99. The van der Waals surface area contributed by atoms with Crippen molar-refractivity contribution in [1.29, 1.82) is 0 Å². The first-order chi connectivity index (χ1) is 16.5. The van der Waals surface area contributed by atoms with Crippen LogP contribution in [0.5, 0.6) is 0 Å². The summed E-state index contributed by atoms with van der Waals surface area (Å²) in [5.74, 6) is 0.854. The molecule has 1 N–H and O–H groups in total. The summed E-state index contributed by atoms with van der Waals surface area (Å²) in [6.45, 7) is 9.17. The summed E-state index contributed by atoms with van der Waals surface area (Å²) in [6.07, 6.45) is 2.35. The van der Waals surface area contributed by atoms with E-state index < -0.39 is 5.60 Å². The molecule has 8 nitrogen and oxygen atoms in total. The summed E-state index contributed by atoms with van der Waals surface area (Å²) in [7, 11) is 2.13. The molecule has 1 unspecified atom stereocenters. The number of anilines is 2. The lowest BCUT2D eigenvalue weighted by molar-refractivity contribution is 0.0103. The molecule has 4 heterocycles. The topological polar surface area (TPSA) is 66.4 Å². The largest absolute Gasteiger partial charge is 0.387 e. The molecule has 3 fully saturated rings. The van der Waals surface area contributed by atoms with Gasteiger partial charge in [0, 0.05) is 82.9 Å². The van der Waals surface area contributed by atoms with E-state index in [0.29, 0.717) is 31.6 Å². The second kappa shape index (κ2) is 9.90. The number of hydrogen-bond donors (Lipinski definition) is 1. The third-order valence-electron chi connectivity index (χ3n) is 7.45. The van der Waals surface area contributed by atoms with Crippen LogP contribution in [0.4, 0.5) is 11.5 Å². The molecule has 0 saturated carbocycles. The SMILES string of the molecule is CN1CCN(c2cc(C(=O)N3CCC(O)(CN4CCN(c5ccccc5)CC4)C3)ccn2)CC1. The van der Waals surface area contributed by atoms with Crippen LogP contribution in [-0.2, 0) is 0 Å². The minimum absolute atomic E-state index is 0.0115. The molecule has 0 aliphatic carbocycles. The fourth-order valence-electron chi connectivity index (χ4n) is 5.32. The van der Waals surface area contributed by atoms with E-state index in [9.17, 15) is 9.90 Å². The smallest absolute Gasteiger partial charge is 0.254 e. The first-order valence-electron chi connectivity index (χ1n) is 12.4. The Kier molecular flexibility index (Phi) is 6.72. The van der Waals surface area contributed by atoms with Crippen molar-refractivity contribution in [2.24, 2.45) is 0 Å². The zero-order valence-electron chi connectivity index (χ0n) is 20.1. The number of aromatic nitrogens is 1. The molecule has 3 aliphatic heterocycles. The molecule has 0 radical (unpaired) electrons. The molecule has 0 bridgehead atoms. The van der Waals surface area contributed by atoms with E-state index in [0.717, 1.165) is 58.2 Å². The number of likely N-dealkylation sites (N-methyl/N-ethyl adjacent to an activating group) is 1. The number of rotatable bonds is 5. The highest BCUT2D eigenvalue weighted by Gasteiger charge is 2.40. The van der Waals surface area contributed by atoms with Crippen LogP contribution < -0.4 is 9.80 Å². The van der Waals surface area contributed by atoms with Crippen molar-refractivity contribution >= 4 is 17.4 Å². The van der Waals surface area contributed by atoms with Gasteiger partial charge in [0.15, 0.2) is 0 Å². The normalized spacial score (nSPS) is 24.6. The van der Waals surface area contributed by atoms with Crippen LogP contribution in [0.25, 0.3) is 0 Å². The fraction of sp³-hybridized carbons (Fsp3) is 0.538. The third-order valence-corrected chi connectivity index (χ3v) is 7.45. The number of hydrogen-bond acceptors (Lipinski definition) is 7. The number of carbonyl (C=O) groups is 1. The Hall–Kier alpha value is -2.68. The van der Waals surface area contributed by atoms with Crippen molar-refractivity contribution in [3.8, 4) is 0 Å². The van der Waals surface area contributed by atoms with Crippen molar-refractivity contribution in [3.05, 3.63) is 54.2 Å². The minimum atomic E-state index is -0.849. The molecular formula is C26H36N6O2. The molecule has 3 saturated heterocycles. The molecule has 1 atom stereocenters. The number of nitrogens with zero attached hydrogens (tertiary/aromatic N) is 6. The Morgan fingerprint density at radius 1 is 0.941 bits per heavy atom. The Balaban J connectivity index is 1.15. The van der Waals surface area contributed by atoms with Gasteiger partial charge < -0.3 is 24.7 Å². The Morgan fingerprint density at radius 3 is 2.38 bits per heavy atom. The van der Waals surface area contributed by atoms with E-state index in [-0.39, 0.29) is 5.91 Å². The van der Waals surface area contributed by atoms with Gasteiger partial charge in [0.1, 0.15) is 5.82 Å². The Morgan fingerprint density at radius 2 is 1.65 bits per heavy atom. The van der Waals surface area contributed by atoms with Crippen molar-refractivity contribution in [2.45, 2.75) is 12.0 Å². The zero-order valence-corrected chi connectivity index (χ0v) is 20.1. The Bertz CT molecular complexity index is 972. The number of pyridine rings is 1. The summed E-state index contributed by atoms with van der Waals surface area (Å²) in [4.78, 5) is 28.9. The maximum absolute atomic E-state index is 13.3. The molecular weight excluding hydrogens is 428 g/mol. The summed E-state index contributed by atoms with van der Waals surface area (Å²) >= 11 is 0. The van der Waals surface area contributed by atoms with Gasteiger partial charge in [-0.3, -0.25) is 9.69 Å². The minimum Gasteiger partial charge on any atom is -0.387 e. The van der Waals surface area contributed by atoms with E-state index in [4.69, 9.17) is 0 Å². The number of carbonyl (C=O) groups excluding carboxylic acids is 1. The maximum Gasteiger partial charge on any atom is 0.254 e. The van der Waals surface area contributed by atoms with Gasteiger partial charge in [-0.1, -0.05) is 18.2 Å². The molecule has 3 aliphatic rings. The quantitative estimate of drug-likeness (QED) is 0.714. The maximum atomic E-state index is 13.3. The average molecular weight is 465 g/mol. The predicted octanol–water partition coefficient (Wildman–Crippen LogP) is 1.23. The highest BCUT2D eigenvalue weighted by atomic mass is 16.3. The van der Waals surface area contributed by atoms with Gasteiger partial charge in [0.25, 0.3) is 5.91 Å². The Labute approximate surface area is 202 Å². The second-order valence-electron chi connectivity index (χ2n) is 9.99. The van der Waals surface area contributed by atoms with Gasteiger partial charge in [-0.15, -0.1) is 0 Å². The lowest BCUT2D eigenvalue weighted by Gasteiger charge is -2.39.